The van der Waals surface area contributed by atoms with Crippen molar-refractivity contribution in [2.24, 2.45) is 9.98 Å². The Kier molecular flexibility index (Phi) is 6.34. The number of hydrogen-bond acceptors (Lipinski definition) is 3. The van der Waals surface area contributed by atoms with Gasteiger partial charge >= 0.3 is 0 Å². The van der Waals surface area contributed by atoms with E-state index in [4.69, 9.17) is 4.74 Å². The Bertz CT molecular complexity index is 549. The first-order valence-corrected chi connectivity index (χ1v) is 7.79. The van der Waals surface area contributed by atoms with Gasteiger partial charge in [-0.2, -0.15) is 0 Å². The molecule has 2 rings (SSSR count). The van der Waals surface area contributed by atoms with E-state index in [1.54, 1.807) is 7.11 Å². The lowest BCUT2D eigenvalue weighted by Crippen LogP contribution is -2.42. The van der Waals surface area contributed by atoms with Gasteiger partial charge in [-0.15, -0.1) is 0 Å². The van der Waals surface area contributed by atoms with Crippen molar-refractivity contribution in [3.63, 3.8) is 0 Å². The van der Waals surface area contributed by atoms with Crippen molar-refractivity contribution >= 4 is 11.5 Å². The number of rotatable bonds is 5. The van der Waals surface area contributed by atoms with E-state index in [9.17, 15) is 0 Å². The smallest absolute Gasteiger partial charge is 0.154 e. The molecule has 1 saturated heterocycles. The number of likely N-dealkylation sites (tertiary alicyclic amines) is 1. The number of hydrogen-bond donors (Lipinski definition) is 0. The van der Waals surface area contributed by atoms with E-state index in [1.807, 2.05) is 44.4 Å². The summed E-state index contributed by atoms with van der Waals surface area (Å²) in [5, 5.41) is 0. The van der Waals surface area contributed by atoms with Gasteiger partial charge in [0, 0.05) is 32.5 Å². The number of allylic oxidation sites excluding steroid dienone is 1. The summed E-state index contributed by atoms with van der Waals surface area (Å²) in [6, 6.07) is 10.6. The summed E-state index contributed by atoms with van der Waals surface area (Å²) in [5.74, 6) is 0.936. The zero-order valence-corrected chi connectivity index (χ0v) is 13.7. The molecule has 118 valence electrons. The van der Waals surface area contributed by atoms with Crippen molar-refractivity contribution in [3.05, 3.63) is 48.2 Å². The van der Waals surface area contributed by atoms with Gasteiger partial charge in [0.1, 0.15) is 5.71 Å². The third-order valence-corrected chi connectivity index (χ3v) is 3.84. The second-order valence-corrected chi connectivity index (χ2v) is 5.32. The van der Waals surface area contributed by atoms with Crippen molar-refractivity contribution in [2.75, 3.05) is 27.3 Å². The molecule has 0 amide bonds. The van der Waals surface area contributed by atoms with Crippen molar-refractivity contribution < 1.29 is 4.74 Å². The summed E-state index contributed by atoms with van der Waals surface area (Å²) in [6.45, 7) is 3.69. The molecule has 0 saturated carbocycles. The maximum Gasteiger partial charge on any atom is 0.154 e. The van der Waals surface area contributed by atoms with Gasteiger partial charge in [-0.3, -0.25) is 4.99 Å². The van der Waals surface area contributed by atoms with Crippen LogP contribution in [-0.2, 0) is 4.74 Å². The lowest BCUT2D eigenvalue weighted by atomic mass is 10.1. The van der Waals surface area contributed by atoms with Gasteiger partial charge in [0.25, 0.3) is 0 Å². The highest BCUT2D eigenvalue weighted by Gasteiger charge is 2.29. The largest absolute Gasteiger partial charge is 0.383 e. The van der Waals surface area contributed by atoms with Crippen molar-refractivity contribution in [2.45, 2.75) is 25.8 Å². The molecule has 0 radical (unpaired) electrons. The fraction of sp³-hybridized carbons (Fsp3) is 0.444. The van der Waals surface area contributed by atoms with Crippen LogP contribution in [0.25, 0.3) is 0 Å². The standard InChI is InChI=1S/C18H25N3O/c1-4-12-20-18(21-13-8-11-16(21)14-22-3)17(19-2)15-9-6-5-7-10-15/h4-7,9-10,12,16H,8,11,13-14H2,1-3H3. The van der Waals surface area contributed by atoms with E-state index in [-0.39, 0.29) is 0 Å². The lowest BCUT2D eigenvalue weighted by Gasteiger charge is -2.28. The van der Waals surface area contributed by atoms with Gasteiger partial charge < -0.3 is 9.64 Å². The molecule has 1 heterocycles. The maximum atomic E-state index is 5.38. The third-order valence-electron chi connectivity index (χ3n) is 3.84. The minimum Gasteiger partial charge on any atom is -0.383 e. The second-order valence-electron chi connectivity index (χ2n) is 5.32. The minimum atomic E-state index is 0.370. The molecule has 1 atom stereocenters. The van der Waals surface area contributed by atoms with Crippen molar-refractivity contribution in [1.82, 2.24) is 4.90 Å². The van der Waals surface area contributed by atoms with Crippen LogP contribution in [0.1, 0.15) is 25.3 Å². The van der Waals surface area contributed by atoms with Crippen molar-refractivity contribution in [1.29, 1.82) is 0 Å². The van der Waals surface area contributed by atoms with Crippen LogP contribution in [0, 0.1) is 0 Å². The predicted molar refractivity (Wildman–Crippen MR) is 92.8 cm³/mol. The summed E-state index contributed by atoms with van der Waals surface area (Å²) in [5.41, 5.74) is 2.03. The first-order valence-electron chi connectivity index (χ1n) is 7.79. The lowest BCUT2D eigenvalue weighted by molar-refractivity contribution is 0.146. The molecule has 1 aromatic carbocycles. The van der Waals surface area contributed by atoms with Gasteiger partial charge in [0.05, 0.1) is 12.6 Å². The average Bonchev–Trinajstić information content (AvgIpc) is 3.01. The topological polar surface area (TPSA) is 37.2 Å². The fourth-order valence-corrected chi connectivity index (χ4v) is 2.85. The fourth-order valence-electron chi connectivity index (χ4n) is 2.85. The van der Waals surface area contributed by atoms with E-state index < -0.39 is 0 Å². The van der Waals surface area contributed by atoms with E-state index in [0.717, 1.165) is 43.1 Å². The maximum absolute atomic E-state index is 5.38. The molecule has 1 aliphatic heterocycles. The normalized spacial score (nSPS) is 20.1. The molecule has 0 spiro atoms. The molecular weight excluding hydrogens is 274 g/mol. The Morgan fingerprint density at radius 3 is 2.77 bits per heavy atom. The molecule has 4 heteroatoms. The van der Waals surface area contributed by atoms with Crippen LogP contribution in [0.2, 0.25) is 0 Å². The highest BCUT2D eigenvalue weighted by atomic mass is 16.5. The number of nitrogens with zero attached hydrogens (tertiary/aromatic N) is 3. The first kappa shape index (κ1) is 16.4. The molecule has 1 aromatic rings. The average molecular weight is 299 g/mol. The third kappa shape index (κ3) is 3.83. The molecule has 1 unspecified atom stereocenters. The number of ether oxygens (including phenoxy) is 1. The zero-order chi connectivity index (χ0) is 15.8. The number of aliphatic imine (C=N–C) groups is 2. The van der Waals surface area contributed by atoms with Crippen LogP contribution < -0.4 is 0 Å². The van der Waals surface area contributed by atoms with Crippen molar-refractivity contribution in [3.8, 4) is 0 Å². The van der Waals surface area contributed by atoms with Gasteiger partial charge in [-0.1, -0.05) is 36.4 Å². The molecule has 0 aliphatic carbocycles. The summed E-state index contributed by atoms with van der Waals surface area (Å²) >= 11 is 0. The van der Waals surface area contributed by atoms with E-state index >= 15 is 0 Å². The van der Waals surface area contributed by atoms with Crippen LogP contribution in [-0.4, -0.2) is 49.8 Å². The highest BCUT2D eigenvalue weighted by molar-refractivity contribution is 6.47. The van der Waals surface area contributed by atoms with Crippen LogP contribution in [0.5, 0.6) is 0 Å². The Labute approximate surface area is 133 Å². The van der Waals surface area contributed by atoms with E-state index in [1.165, 1.54) is 0 Å². The number of benzene rings is 1. The van der Waals surface area contributed by atoms with Gasteiger partial charge in [0.2, 0.25) is 0 Å². The molecule has 4 nitrogen and oxygen atoms in total. The number of amidine groups is 1. The zero-order valence-electron chi connectivity index (χ0n) is 13.7. The quantitative estimate of drug-likeness (QED) is 0.618. The van der Waals surface area contributed by atoms with Gasteiger partial charge in [-0.25, -0.2) is 4.99 Å². The summed E-state index contributed by atoms with van der Waals surface area (Å²) < 4.78 is 5.38. The summed E-state index contributed by atoms with van der Waals surface area (Å²) in [6.07, 6.45) is 6.08. The molecule has 0 aromatic heterocycles. The van der Waals surface area contributed by atoms with Crippen LogP contribution >= 0.6 is 0 Å². The Morgan fingerprint density at radius 1 is 1.36 bits per heavy atom. The summed E-state index contributed by atoms with van der Waals surface area (Å²) in [7, 11) is 3.58. The number of methoxy groups -OCH3 is 1. The molecule has 1 aliphatic rings. The molecule has 0 bridgehead atoms. The van der Waals surface area contributed by atoms with E-state index in [2.05, 4.69) is 27.0 Å². The first-order chi connectivity index (χ1) is 10.8. The SMILES string of the molecule is CC=CN=C(C(=NC)c1ccccc1)N1CCCC1COC. The van der Waals surface area contributed by atoms with Gasteiger partial charge in [-0.05, 0) is 19.8 Å². The molecule has 1 fully saturated rings. The Hall–Kier alpha value is -1.94. The van der Waals surface area contributed by atoms with Crippen LogP contribution in [0.15, 0.2) is 52.6 Å². The van der Waals surface area contributed by atoms with E-state index in [0.29, 0.717) is 6.04 Å². The molecule has 0 N–H and O–H groups in total. The van der Waals surface area contributed by atoms with Crippen LogP contribution in [0.3, 0.4) is 0 Å². The Balaban J connectivity index is 2.37. The predicted octanol–water partition coefficient (Wildman–Crippen LogP) is 3.15. The van der Waals surface area contributed by atoms with Gasteiger partial charge in [0.15, 0.2) is 5.84 Å². The van der Waals surface area contributed by atoms with Crippen LogP contribution in [0.4, 0.5) is 0 Å². The minimum absolute atomic E-state index is 0.370. The second kappa shape index (κ2) is 8.49. The Morgan fingerprint density at radius 2 is 2.14 bits per heavy atom. The highest BCUT2D eigenvalue weighted by Crippen LogP contribution is 2.20. The monoisotopic (exact) mass is 299 g/mol. The molecular formula is C18H25N3O. The molecule has 22 heavy (non-hydrogen) atoms. The summed E-state index contributed by atoms with van der Waals surface area (Å²) in [4.78, 5) is 11.5.